The molecule has 0 aliphatic carbocycles. The molecule has 0 radical (unpaired) electrons. The molecule has 3 rings (SSSR count). The van der Waals surface area contributed by atoms with Gasteiger partial charge in [-0.05, 0) is 19.1 Å². The molecule has 1 atom stereocenters. The lowest BCUT2D eigenvalue weighted by Gasteiger charge is -2.09. The SMILES string of the molecule is CC(NC(=O)c1n[nH]c(=O)[nH]1)c1nc(-c2ccc(Br)cc2)cs1. The normalized spacial score (nSPS) is 12.1. The maximum atomic E-state index is 12.0. The van der Waals surface area contributed by atoms with Crippen LogP contribution < -0.4 is 11.0 Å². The van der Waals surface area contributed by atoms with Gasteiger partial charge in [-0.15, -0.1) is 16.4 Å². The van der Waals surface area contributed by atoms with Crippen LogP contribution in [0.3, 0.4) is 0 Å². The quantitative estimate of drug-likeness (QED) is 0.633. The smallest absolute Gasteiger partial charge is 0.340 e. The fourth-order valence-corrected chi connectivity index (χ4v) is 3.04. The van der Waals surface area contributed by atoms with Crippen LogP contribution in [-0.4, -0.2) is 26.1 Å². The van der Waals surface area contributed by atoms with Gasteiger partial charge in [0, 0.05) is 15.4 Å². The molecule has 2 heterocycles. The van der Waals surface area contributed by atoms with Crippen molar-refractivity contribution in [1.82, 2.24) is 25.5 Å². The van der Waals surface area contributed by atoms with Crippen LogP contribution in [0.4, 0.5) is 0 Å². The molecule has 1 aromatic carbocycles. The van der Waals surface area contributed by atoms with E-state index in [1.54, 1.807) is 0 Å². The van der Waals surface area contributed by atoms with E-state index in [4.69, 9.17) is 0 Å². The van der Waals surface area contributed by atoms with E-state index in [0.717, 1.165) is 20.7 Å². The molecular weight excluding hydrogens is 382 g/mol. The van der Waals surface area contributed by atoms with Gasteiger partial charge in [-0.25, -0.2) is 14.9 Å². The fraction of sp³-hybridized carbons (Fsp3) is 0.143. The first-order chi connectivity index (χ1) is 11.0. The molecule has 0 saturated heterocycles. The predicted octanol–water partition coefficient (Wildman–Crippen LogP) is 2.48. The zero-order valence-electron chi connectivity index (χ0n) is 12.0. The van der Waals surface area contributed by atoms with Gasteiger partial charge in [0.25, 0.3) is 5.91 Å². The third-order valence-electron chi connectivity index (χ3n) is 3.10. The maximum absolute atomic E-state index is 12.0. The van der Waals surface area contributed by atoms with Crippen molar-refractivity contribution >= 4 is 33.2 Å². The number of thiazole rings is 1. The number of nitrogens with zero attached hydrogens (tertiary/aromatic N) is 2. The Morgan fingerprint density at radius 3 is 2.74 bits per heavy atom. The summed E-state index contributed by atoms with van der Waals surface area (Å²) >= 11 is 4.86. The monoisotopic (exact) mass is 393 g/mol. The molecule has 1 amide bonds. The summed E-state index contributed by atoms with van der Waals surface area (Å²) in [5.41, 5.74) is 1.34. The highest BCUT2D eigenvalue weighted by molar-refractivity contribution is 9.10. The van der Waals surface area contributed by atoms with E-state index in [2.05, 4.69) is 41.4 Å². The second kappa shape index (κ2) is 6.47. The van der Waals surface area contributed by atoms with Crippen LogP contribution in [0.15, 0.2) is 38.9 Å². The Hall–Kier alpha value is -2.26. The Balaban J connectivity index is 1.73. The van der Waals surface area contributed by atoms with Crippen LogP contribution in [0.25, 0.3) is 11.3 Å². The number of aromatic amines is 2. The lowest BCUT2D eigenvalue weighted by molar-refractivity contribution is 0.0929. The van der Waals surface area contributed by atoms with Gasteiger partial charge in [0.05, 0.1) is 11.7 Å². The molecule has 23 heavy (non-hydrogen) atoms. The summed E-state index contributed by atoms with van der Waals surface area (Å²) < 4.78 is 1.00. The number of rotatable bonds is 4. The Morgan fingerprint density at radius 1 is 1.35 bits per heavy atom. The van der Waals surface area contributed by atoms with E-state index >= 15 is 0 Å². The summed E-state index contributed by atoms with van der Waals surface area (Å²) in [6.07, 6.45) is 0. The van der Waals surface area contributed by atoms with Crippen molar-refractivity contribution in [3.63, 3.8) is 0 Å². The summed E-state index contributed by atoms with van der Waals surface area (Å²) in [5, 5.41) is 11.2. The number of nitrogens with one attached hydrogen (secondary N) is 3. The van der Waals surface area contributed by atoms with Crippen LogP contribution in [-0.2, 0) is 0 Å². The third kappa shape index (κ3) is 3.57. The topological polar surface area (TPSA) is 104 Å². The molecule has 9 heteroatoms. The highest BCUT2D eigenvalue weighted by atomic mass is 79.9. The summed E-state index contributed by atoms with van der Waals surface area (Å²) in [6, 6.07) is 7.55. The van der Waals surface area contributed by atoms with E-state index in [1.807, 2.05) is 36.6 Å². The summed E-state index contributed by atoms with van der Waals surface area (Å²) in [6.45, 7) is 1.83. The molecule has 2 aromatic heterocycles. The molecule has 118 valence electrons. The number of benzene rings is 1. The molecule has 0 aliphatic heterocycles. The standard InChI is InChI=1S/C14H12BrN5O2S/c1-7(16-12(21)11-18-14(22)20-19-11)13-17-10(6-23-13)8-2-4-9(15)5-3-8/h2-7H,1H3,(H,16,21)(H2,18,19,20,22). The first kappa shape index (κ1) is 15.6. The second-order valence-electron chi connectivity index (χ2n) is 4.80. The van der Waals surface area contributed by atoms with Crippen molar-refractivity contribution in [2.75, 3.05) is 0 Å². The van der Waals surface area contributed by atoms with Crippen LogP contribution in [0.1, 0.15) is 28.6 Å². The summed E-state index contributed by atoms with van der Waals surface area (Å²) in [5.74, 6) is -0.511. The number of carbonyl (C=O) groups excluding carboxylic acids is 1. The van der Waals surface area contributed by atoms with Crippen molar-refractivity contribution < 1.29 is 4.79 Å². The molecule has 1 unspecified atom stereocenters. The van der Waals surface area contributed by atoms with Crippen molar-refractivity contribution in [2.24, 2.45) is 0 Å². The number of amides is 1. The van der Waals surface area contributed by atoms with E-state index in [-0.39, 0.29) is 11.9 Å². The van der Waals surface area contributed by atoms with Crippen molar-refractivity contribution in [2.45, 2.75) is 13.0 Å². The number of hydrogen-bond donors (Lipinski definition) is 3. The van der Waals surface area contributed by atoms with Crippen molar-refractivity contribution in [1.29, 1.82) is 0 Å². The highest BCUT2D eigenvalue weighted by Gasteiger charge is 2.17. The Bertz CT molecular complexity index is 883. The summed E-state index contributed by atoms with van der Waals surface area (Å²) in [4.78, 5) is 29.8. The van der Waals surface area contributed by atoms with Crippen LogP contribution >= 0.6 is 27.3 Å². The number of aromatic nitrogens is 4. The minimum atomic E-state index is -0.519. The minimum Gasteiger partial charge on any atom is -0.340 e. The van der Waals surface area contributed by atoms with Gasteiger partial charge >= 0.3 is 5.69 Å². The largest absolute Gasteiger partial charge is 0.341 e. The van der Waals surface area contributed by atoms with Crippen LogP contribution in [0.2, 0.25) is 0 Å². The number of carbonyl (C=O) groups is 1. The first-order valence-electron chi connectivity index (χ1n) is 6.70. The molecular formula is C14H12BrN5O2S. The van der Waals surface area contributed by atoms with Crippen LogP contribution in [0, 0.1) is 0 Å². The molecule has 0 bridgehead atoms. The van der Waals surface area contributed by atoms with E-state index < -0.39 is 11.6 Å². The average molecular weight is 394 g/mol. The number of H-pyrrole nitrogens is 2. The van der Waals surface area contributed by atoms with Gasteiger partial charge in [0.2, 0.25) is 5.82 Å². The Kier molecular flexibility index (Phi) is 4.39. The molecule has 3 aromatic rings. The van der Waals surface area contributed by atoms with Gasteiger partial charge < -0.3 is 5.32 Å². The fourth-order valence-electron chi connectivity index (χ4n) is 1.94. The molecule has 0 aliphatic rings. The predicted molar refractivity (Wildman–Crippen MR) is 90.3 cm³/mol. The second-order valence-corrected chi connectivity index (χ2v) is 6.60. The van der Waals surface area contributed by atoms with Gasteiger partial charge in [0.15, 0.2) is 0 Å². The van der Waals surface area contributed by atoms with Gasteiger partial charge in [-0.2, -0.15) is 0 Å². The van der Waals surface area contributed by atoms with Gasteiger partial charge in [0.1, 0.15) is 5.01 Å². The number of halogens is 1. The zero-order valence-corrected chi connectivity index (χ0v) is 14.4. The average Bonchev–Trinajstić information content (AvgIpc) is 3.17. The van der Waals surface area contributed by atoms with E-state index in [9.17, 15) is 9.59 Å². The van der Waals surface area contributed by atoms with Crippen molar-refractivity contribution in [3.05, 3.63) is 55.4 Å². The molecule has 0 saturated carbocycles. The lowest BCUT2D eigenvalue weighted by Crippen LogP contribution is -2.27. The molecule has 0 spiro atoms. The maximum Gasteiger partial charge on any atom is 0.341 e. The van der Waals surface area contributed by atoms with E-state index in [0.29, 0.717) is 0 Å². The minimum absolute atomic E-state index is 0.0495. The lowest BCUT2D eigenvalue weighted by atomic mass is 10.2. The Labute approximate surface area is 143 Å². The number of hydrogen-bond acceptors (Lipinski definition) is 5. The molecule has 0 fully saturated rings. The van der Waals surface area contributed by atoms with Crippen molar-refractivity contribution in [3.8, 4) is 11.3 Å². The zero-order chi connectivity index (χ0) is 16.4. The van der Waals surface area contributed by atoms with E-state index in [1.165, 1.54) is 11.3 Å². The first-order valence-corrected chi connectivity index (χ1v) is 8.37. The Morgan fingerprint density at radius 2 is 2.09 bits per heavy atom. The highest BCUT2D eigenvalue weighted by Crippen LogP contribution is 2.26. The van der Waals surface area contributed by atoms with Gasteiger partial charge in [-0.1, -0.05) is 28.1 Å². The molecule has 3 N–H and O–H groups in total. The van der Waals surface area contributed by atoms with Gasteiger partial charge in [-0.3, -0.25) is 9.78 Å². The third-order valence-corrected chi connectivity index (χ3v) is 4.65. The van der Waals surface area contributed by atoms with Crippen LogP contribution in [0.5, 0.6) is 0 Å². The molecule has 7 nitrogen and oxygen atoms in total. The summed E-state index contributed by atoms with van der Waals surface area (Å²) in [7, 11) is 0.